The first-order valence-corrected chi connectivity index (χ1v) is 7.32. The molecule has 1 aliphatic carbocycles. The molecule has 2 amide bonds. The highest BCUT2D eigenvalue weighted by molar-refractivity contribution is 6.00. The summed E-state index contributed by atoms with van der Waals surface area (Å²) in [6.07, 6.45) is 0.252. The van der Waals surface area contributed by atoms with Crippen LogP contribution in [0.3, 0.4) is 0 Å². The zero-order valence-corrected chi connectivity index (χ0v) is 13.3. The number of hydrogen-bond acceptors (Lipinski definition) is 3. The smallest absolute Gasteiger partial charge is 0.352 e. The normalized spacial score (nSPS) is 16.4. The molecule has 2 rings (SSSR count). The van der Waals surface area contributed by atoms with Crippen molar-refractivity contribution in [3.63, 3.8) is 0 Å². The van der Waals surface area contributed by atoms with Gasteiger partial charge >= 0.3 is 5.92 Å². The van der Waals surface area contributed by atoms with E-state index in [0.29, 0.717) is 12.0 Å². The van der Waals surface area contributed by atoms with Gasteiger partial charge in [-0.05, 0) is 43.9 Å². The quantitative estimate of drug-likeness (QED) is 0.891. The number of carbonyl (C=O) groups excluding carboxylic acids is 2. The van der Waals surface area contributed by atoms with Crippen LogP contribution in [0.25, 0.3) is 0 Å². The Labute approximate surface area is 133 Å². The third-order valence-corrected chi connectivity index (χ3v) is 4.19. The first kappa shape index (κ1) is 17.3. The van der Waals surface area contributed by atoms with Gasteiger partial charge in [0.25, 0.3) is 11.8 Å². The van der Waals surface area contributed by atoms with E-state index in [0.717, 1.165) is 0 Å². The monoisotopic (exact) mass is 326 g/mol. The minimum absolute atomic E-state index is 0.106. The van der Waals surface area contributed by atoms with Gasteiger partial charge in [-0.15, -0.1) is 0 Å². The number of alkyl halides is 2. The van der Waals surface area contributed by atoms with Gasteiger partial charge in [0.2, 0.25) is 0 Å². The van der Waals surface area contributed by atoms with Crippen LogP contribution in [0.2, 0.25) is 0 Å². The summed E-state index contributed by atoms with van der Waals surface area (Å²) in [6.45, 7) is 1.63. The summed E-state index contributed by atoms with van der Waals surface area (Å²) in [6, 6.07) is 4.49. The van der Waals surface area contributed by atoms with Crippen molar-refractivity contribution in [3.8, 4) is 0 Å². The molecule has 0 saturated heterocycles. The van der Waals surface area contributed by atoms with Gasteiger partial charge in [-0.1, -0.05) is 6.07 Å². The van der Waals surface area contributed by atoms with Crippen LogP contribution in [0.4, 0.5) is 14.5 Å². The van der Waals surface area contributed by atoms with E-state index in [1.165, 1.54) is 11.0 Å². The predicted octanol–water partition coefficient (Wildman–Crippen LogP) is 2.19. The second-order valence-corrected chi connectivity index (χ2v) is 6.14. The molecule has 7 heteroatoms. The Balaban J connectivity index is 2.24. The summed E-state index contributed by atoms with van der Waals surface area (Å²) >= 11 is 0. The van der Waals surface area contributed by atoms with Gasteiger partial charge in [0.05, 0.1) is 0 Å². The number of aryl methyl sites for hydroxylation is 1. The molecule has 1 aliphatic rings. The highest BCUT2D eigenvalue weighted by Crippen LogP contribution is 2.44. The van der Waals surface area contributed by atoms with Crippen molar-refractivity contribution >= 4 is 17.5 Å². The number of carbonyl (C=O) groups is 2. The van der Waals surface area contributed by atoms with Crippen molar-refractivity contribution in [3.05, 3.63) is 29.3 Å². The molecule has 0 radical (unpaired) electrons. The van der Waals surface area contributed by atoms with Crippen LogP contribution in [0.1, 0.15) is 35.2 Å². The van der Waals surface area contributed by atoms with Crippen LogP contribution in [-0.2, 0) is 4.79 Å². The zero-order valence-electron chi connectivity index (χ0n) is 13.3. The van der Waals surface area contributed by atoms with Gasteiger partial charge in [0, 0.05) is 25.3 Å². The molecule has 1 aromatic rings. The lowest BCUT2D eigenvalue weighted by atomic mass is 9.75. The van der Waals surface area contributed by atoms with E-state index in [1.54, 1.807) is 33.2 Å². The fourth-order valence-electron chi connectivity index (χ4n) is 2.39. The second kappa shape index (κ2) is 5.88. The van der Waals surface area contributed by atoms with Gasteiger partial charge in [0.1, 0.15) is 5.60 Å². The SMILES string of the molecule is Cc1ccc(C(=O)N(C)C)cc1NC(=O)C(F)(F)C1(O)CCC1. The summed E-state index contributed by atoms with van der Waals surface area (Å²) in [5.74, 6) is -5.73. The highest BCUT2D eigenvalue weighted by atomic mass is 19.3. The topological polar surface area (TPSA) is 69.6 Å². The van der Waals surface area contributed by atoms with Gasteiger partial charge < -0.3 is 15.3 Å². The number of amides is 2. The van der Waals surface area contributed by atoms with Gasteiger partial charge in [0.15, 0.2) is 0 Å². The molecule has 0 aliphatic heterocycles. The average molecular weight is 326 g/mol. The molecule has 0 atom stereocenters. The molecule has 1 fully saturated rings. The predicted molar refractivity (Wildman–Crippen MR) is 81.6 cm³/mol. The lowest BCUT2D eigenvalue weighted by Crippen LogP contribution is -2.59. The number of nitrogens with zero attached hydrogens (tertiary/aromatic N) is 1. The molecule has 0 unspecified atom stereocenters. The maximum absolute atomic E-state index is 14.1. The Morgan fingerprint density at radius 2 is 1.91 bits per heavy atom. The van der Waals surface area contributed by atoms with E-state index in [9.17, 15) is 23.5 Å². The Morgan fingerprint density at radius 3 is 2.39 bits per heavy atom. The van der Waals surface area contributed by atoms with E-state index >= 15 is 0 Å². The van der Waals surface area contributed by atoms with Gasteiger partial charge in [-0.3, -0.25) is 9.59 Å². The zero-order chi connectivity index (χ0) is 17.4. The van der Waals surface area contributed by atoms with Crippen LogP contribution in [0.5, 0.6) is 0 Å². The molecule has 1 aromatic carbocycles. The summed E-state index contributed by atoms with van der Waals surface area (Å²) in [7, 11) is 3.14. The molecule has 1 saturated carbocycles. The molecular formula is C16H20F2N2O3. The number of aliphatic hydroxyl groups is 1. The second-order valence-electron chi connectivity index (χ2n) is 6.14. The molecule has 0 aromatic heterocycles. The van der Waals surface area contributed by atoms with Crippen LogP contribution >= 0.6 is 0 Å². The van der Waals surface area contributed by atoms with Crippen molar-refractivity contribution < 1.29 is 23.5 Å². The summed E-state index contributed by atoms with van der Waals surface area (Å²) in [4.78, 5) is 25.2. The fourth-order valence-corrected chi connectivity index (χ4v) is 2.39. The van der Waals surface area contributed by atoms with E-state index in [-0.39, 0.29) is 30.0 Å². The maximum Gasteiger partial charge on any atom is 0.352 e. The average Bonchev–Trinajstić information content (AvgIpc) is 2.45. The Hall–Kier alpha value is -2.02. The molecule has 0 spiro atoms. The third kappa shape index (κ3) is 3.06. The Bertz CT molecular complexity index is 640. The Morgan fingerprint density at radius 1 is 1.30 bits per heavy atom. The number of hydrogen-bond donors (Lipinski definition) is 2. The summed E-state index contributed by atoms with van der Waals surface area (Å²) in [5, 5.41) is 11.9. The minimum atomic E-state index is -3.88. The van der Waals surface area contributed by atoms with Crippen LogP contribution < -0.4 is 5.32 Å². The van der Waals surface area contributed by atoms with Crippen LogP contribution in [-0.4, -0.2) is 47.4 Å². The van der Waals surface area contributed by atoms with Crippen molar-refractivity contribution in [1.29, 1.82) is 0 Å². The molecule has 5 nitrogen and oxygen atoms in total. The molecule has 0 heterocycles. The standard InChI is InChI=1S/C16H20F2N2O3/c1-10-5-6-11(13(21)20(2)3)9-12(10)19-14(22)16(17,18)15(23)7-4-8-15/h5-6,9,23H,4,7-8H2,1-3H3,(H,19,22). The minimum Gasteiger partial charge on any atom is -0.383 e. The maximum atomic E-state index is 14.1. The van der Waals surface area contributed by atoms with Crippen molar-refractivity contribution in [1.82, 2.24) is 4.90 Å². The Kier molecular flexibility index (Phi) is 4.43. The lowest BCUT2D eigenvalue weighted by molar-refractivity contribution is -0.212. The summed E-state index contributed by atoms with van der Waals surface area (Å²) < 4.78 is 28.2. The molecule has 23 heavy (non-hydrogen) atoms. The van der Waals surface area contributed by atoms with E-state index in [1.807, 2.05) is 0 Å². The third-order valence-electron chi connectivity index (χ3n) is 4.19. The van der Waals surface area contributed by atoms with E-state index in [4.69, 9.17) is 0 Å². The van der Waals surface area contributed by atoms with Gasteiger partial charge in [-0.25, -0.2) is 0 Å². The van der Waals surface area contributed by atoms with Crippen molar-refractivity contribution in [2.75, 3.05) is 19.4 Å². The van der Waals surface area contributed by atoms with Crippen molar-refractivity contribution in [2.45, 2.75) is 37.7 Å². The number of rotatable bonds is 4. The molecule has 0 bridgehead atoms. The largest absolute Gasteiger partial charge is 0.383 e. The molecule has 126 valence electrons. The number of benzene rings is 1. The molecular weight excluding hydrogens is 306 g/mol. The van der Waals surface area contributed by atoms with Gasteiger partial charge in [-0.2, -0.15) is 8.78 Å². The fraction of sp³-hybridized carbons (Fsp3) is 0.500. The van der Waals surface area contributed by atoms with Crippen molar-refractivity contribution in [2.24, 2.45) is 0 Å². The van der Waals surface area contributed by atoms with Crippen LogP contribution in [0.15, 0.2) is 18.2 Å². The molecule has 2 N–H and O–H groups in total. The first-order chi connectivity index (χ1) is 10.6. The number of halogens is 2. The number of nitrogens with one attached hydrogen (secondary N) is 1. The van der Waals surface area contributed by atoms with E-state index in [2.05, 4.69) is 5.32 Å². The highest BCUT2D eigenvalue weighted by Gasteiger charge is 2.61. The summed E-state index contributed by atoms with van der Waals surface area (Å²) in [5.41, 5.74) is -1.32. The lowest BCUT2D eigenvalue weighted by Gasteiger charge is -2.41. The van der Waals surface area contributed by atoms with Crippen LogP contribution in [0, 0.1) is 6.92 Å². The first-order valence-electron chi connectivity index (χ1n) is 7.32. The number of anilines is 1. The van der Waals surface area contributed by atoms with E-state index < -0.39 is 17.4 Å².